The number of hydrogen-bond acceptors (Lipinski definition) is 6. The summed E-state index contributed by atoms with van der Waals surface area (Å²) in [6, 6.07) is 9.48. The second-order valence-electron chi connectivity index (χ2n) is 7.86. The molecule has 0 aliphatic carbocycles. The second-order valence-corrected chi connectivity index (χ2v) is 7.86. The van der Waals surface area contributed by atoms with Gasteiger partial charge in [-0.1, -0.05) is 12.5 Å². The Morgan fingerprint density at radius 1 is 1.12 bits per heavy atom. The Morgan fingerprint density at radius 2 is 1.91 bits per heavy atom. The quantitative estimate of drug-likeness (QED) is 0.383. The van der Waals surface area contributed by atoms with Crippen LogP contribution in [-0.4, -0.2) is 62.9 Å². The summed E-state index contributed by atoms with van der Waals surface area (Å²) in [6.45, 7) is 5.77. The minimum absolute atomic E-state index is 0.108. The van der Waals surface area contributed by atoms with Crippen LogP contribution in [0, 0.1) is 0 Å². The molecule has 0 amide bonds. The number of hydrogen-bond donors (Lipinski definition) is 3. The normalized spacial score (nSPS) is 16.9. The number of aliphatic imine (C=N–C) groups is 1. The number of ether oxygens (including phenoxy) is 2. The van der Waals surface area contributed by atoms with Crippen molar-refractivity contribution in [3.8, 4) is 11.5 Å². The molecule has 32 heavy (non-hydrogen) atoms. The molecule has 3 N–H and O–H groups in total. The molecule has 2 heterocycles. The molecule has 1 aliphatic rings. The first kappa shape index (κ1) is 23.9. The third-order valence-electron chi connectivity index (χ3n) is 5.72. The van der Waals surface area contributed by atoms with Crippen molar-refractivity contribution in [3.63, 3.8) is 0 Å². The summed E-state index contributed by atoms with van der Waals surface area (Å²) in [5.41, 5.74) is 0.743. The standard InChI is InChI=1S/C24H36N4O4/c1-4-25-24(27-17-20(29)18-10-11-22(30-2)23(15-18)31-3)26-16-19(21-9-8-14-32-21)28-12-6-5-7-13-28/h8-11,14-15,19-20,29H,4-7,12-13,16-17H2,1-3H3,(H2,25,26,27). The van der Waals surface area contributed by atoms with Gasteiger partial charge in [-0.15, -0.1) is 0 Å². The van der Waals surface area contributed by atoms with Crippen molar-refractivity contribution in [2.75, 3.05) is 46.9 Å². The number of nitrogens with zero attached hydrogens (tertiary/aromatic N) is 2. The Bertz CT molecular complexity index is 835. The lowest BCUT2D eigenvalue weighted by atomic mass is 10.1. The number of methoxy groups -OCH3 is 2. The van der Waals surface area contributed by atoms with Gasteiger partial charge in [-0.05, 0) is 62.7 Å². The van der Waals surface area contributed by atoms with Crippen molar-refractivity contribution in [1.29, 1.82) is 0 Å². The SMILES string of the molecule is CCNC(=NCC(c1ccco1)N1CCCCC1)NCC(O)c1ccc(OC)c(OC)c1. The molecule has 2 atom stereocenters. The second kappa shape index (κ2) is 12.4. The smallest absolute Gasteiger partial charge is 0.191 e. The van der Waals surface area contributed by atoms with Gasteiger partial charge in [-0.3, -0.25) is 9.89 Å². The first-order valence-electron chi connectivity index (χ1n) is 11.4. The molecule has 2 aromatic rings. The molecular weight excluding hydrogens is 408 g/mol. The molecule has 1 aromatic carbocycles. The van der Waals surface area contributed by atoms with E-state index in [0.29, 0.717) is 30.5 Å². The van der Waals surface area contributed by atoms with E-state index in [-0.39, 0.29) is 6.04 Å². The zero-order valence-electron chi connectivity index (χ0n) is 19.3. The van der Waals surface area contributed by atoms with Crippen molar-refractivity contribution < 1.29 is 19.0 Å². The summed E-state index contributed by atoms with van der Waals surface area (Å²) in [7, 11) is 3.18. The van der Waals surface area contributed by atoms with Crippen LogP contribution in [0.15, 0.2) is 46.0 Å². The van der Waals surface area contributed by atoms with Crippen molar-refractivity contribution in [1.82, 2.24) is 15.5 Å². The fourth-order valence-corrected chi connectivity index (χ4v) is 3.99. The number of nitrogens with one attached hydrogen (secondary N) is 2. The first-order valence-corrected chi connectivity index (χ1v) is 11.4. The number of aliphatic hydroxyl groups excluding tert-OH is 1. The summed E-state index contributed by atoms with van der Waals surface area (Å²) in [5.74, 6) is 2.83. The lowest BCUT2D eigenvalue weighted by molar-refractivity contribution is 0.150. The molecule has 2 unspecified atom stereocenters. The Morgan fingerprint density at radius 3 is 2.56 bits per heavy atom. The average Bonchev–Trinajstić information content (AvgIpc) is 3.37. The third kappa shape index (κ3) is 6.40. The van der Waals surface area contributed by atoms with Gasteiger partial charge < -0.3 is 29.6 Å². The van der Waals surface area contributed by atoms with Gasteiger partial charge in [0, 0.05) is 13.1 Å². The molecule has 176 valence electrons. The van der Waals surface area contributed by atoms with Crippen LogP contribution in [-0.2, 0) is 0 Å². The highest BCUT2D eigenvalue weighted by Gasteiger charge is 2.24. The zero-order chi connectivity index (χ0) is 22.8. The highest BCUT2D eigenvalue weighted by molar-refractivity contribution is 5.79. The number of piperidine rings is 1. The monoisotopic (exact) mass is 444 g/mol. The van der Waals surface area contributed by atoms with Crippen molar-refractivity contribution in [3.05, 3.63) is 47.9 Å². The highest BCUT2D eigenvalue weighted by atomic mass is 16.5. The molecule has 8 heteroatoms. The van der Waals surface area contributed by atoms with Crippen LogP contribution >= 0.6 is 0 Å². The molecule has 1 saturated heterocycles. The van der Waals surface area contributed by atoms with Crippen molar-refractivity contribution in [2.45, 2.75) is 38.3 Å². The molecule has 3 rings (SSSR count). The highest BCUT2D eigenvalue weighted by Crippen LogP contribution is 2.30. The van der Waals surface area contributed by atoms with E-state index < -0.39 is 6.10 Å². The number of rotatable bonds is 10. The lowest BCUT2D eigenvalue weighted by Crippen LogP contribution is -2.41. The van der Waals surface area contributed by atoms with Crippen LogP contribution in [0.25, 0.3) is 0 Å². The maximum Gasteiger partial charge on any atom is 0.191 e. The van der Waals surface area contributed by atoms with Crippen LogP contribution in [0.2, 0.25) is 0 Å². The fraction of sp³-hybridized carbons (Fsp3) is 0.542. The summed E-state index contributed by atoms with van der Waals surface area (Å²) >= 11 is 0. The number of furan rings is 1. The minimum atomic E-state index is -0.721. The van der Waals surface area contributed by atoms with Crippen LogP contribution in [0.4, 0.5) is 0 Å². The van der Waals surface area contributed by atoms with E-state index in [2.05, 4.69) is 15.5 Å². The molecular formula is C24H36N4O4. The predicted molar refractivity (Wildman–Crippen MR) is 125 cm³/mol. The van der Waals surface area contributed by atoms with Gasteiger partial charge in [-0.25, -0.2) is 0 Å². The Kier molecular flexibility index (Phi) is 9.25. The Balaban J connectivity index is 1.65. The average molecular weight is 445 g/mol. The minimum Gasteiger partial charge on any atom is -0.493 e. The summed E-state index contributed by atoms with van der Waals surface area (Å²) < 4.78 is 16.3. The van der Waals surface area contributed by atoms with Crippen LogP contribution in [0.1, 0.15) is 49.7 Å². The number of likely N-dealkylation sites (tertiary alicyclic amines) is 1. The topological polar surface area (TPSA) is 91.5 Å². The van der Waals surface area contributed by atoms with Gasteiger partial charge in [0.05, 0.1) is 39.2 Å². The Hall–Kier alpha value is -2.71. The van der Waals surface area contributed by atoms with E-state index in [9.17, 15) is 5.11 Å². The summed E-state index contributed by atoms with van der Waals surface area (Å²) in [5, 5.41) is 17.2. The predicted octanol–water partition coefficient (Wildman–Crippen LogP) is 3.11. The molecule has 8 nitrogen and oxygen atoms in total. The fourth-order valence-electron chi connectivity index (χ4n) is 3.99. The largest absolute Gasteiger partial charge is 0.493 e. The first-order chi connectivity index (χ1) is 15.7. The van der Waals surface area contributed by atoms with Gasteiger partial charge in [0.25, 0.3) is 0 Å². The maximum atomic E-state index is 10.7. The molecule has 1 aromatic heterocycles. The van der Waals surface area contributed by atoms with E-state index in [1.807, 2.05) is 25.1 Å². The van der Waals surface area contributed by atoms with Crippen molar-refractivity contribution >= 4 is 5.96 Å². The molecule has 1 fully saturated rings. The van der Waals surface area contributed by atoms with E-state index >= 15 is 0 Å². The van der Waals surface area contributed by atoms with Crippen LogP contribution < -0.4 is 20.1 Å². The van der Waals surface area contributed by atoms with Gasteiger partial charge in [0.15, 0.2) is 17.5 Å². The van der Waals surface area contributed by atoms with Gasteiger partial charge in [-0.2, -0.15) is 0 Å². The third-order valence-corrected chi connectivity index (χ3v) is 5.72. The van der Waals surface area contributed by atoms with E-state index in [0.717, 1.165) is 31.0 Å². The van der Waals surface area contributed by atoms with E-state index in [4.69, 9.17) is 18.9 Å². The lowest BCUT2D eigenvalue weighted by Gasteiger charge is -2.32. The summed E-state index contributed by atoms with van der Waals surface area (Å²) in [4.78, 5) is 7.26. The molecule has 0 spiro atoms. The van der Waals surface area contributed by atoms with Gasteiger partial charge in [0.1, 0.15) is 5.76 Å². The van der Waals surface area contributed by atoms with Gasteiger partial charge in [0.2, 0.25) is 0 Å². The number of guanidine groups is 1. The van der Waals surface area contributed by atoms with Crippen LogP contribution in [0.3, 0.4) is 0 Å². The van der Waals surface area contributed by atoms with Gasteiger partial charge >= 0.3 is 0 Å². The zero-order valence-corrected chi connectivity index (χ0v) is 19.3. The molecule has 0 saturated carbocycles. The van der Waals surface area contributed by atoms with E-state index in [1.165, 1.54) is 19.3 Å². The maximum absolute atomic E-state index is 10.7. The molecule has 1 aliphatic heterocycles. The van der Waals surface area contributed by atoms with Crippen LogP contribution in [0.5, 0.6) is 11.5 Å². The number of aliphatic hydroxyl groups is 1. The van der Waals surface area contributed by atoms with E-state index in [1.54, 1.807) is 32.6 Å². The Labute approximate surface area is 190 Å². The molecule has 0 bridgehead atoms. The van der Waals surface area contributed by atoms with Crippen molar-refractivity contribution in [2.24, 2.45) is 4.99 Å². The molecule has 0 radical (unpaired) electrons. The number of benzene rings is 1. The summed E-state index contributed by atoms with van der Waals surface area (Å²) in [6.07, 6.45) is 4.69.